The number of rotatable bonds is 5. The third-order valence-electron chi connectivity index (χ3n) is 2.26. The quantitative estimate of drug-likeness (QED) is 0.861. The summed E-state index contributed by atoms with van der Waals surface area (Å²) in [5, 5.41) is 8.59. The van der Waals surface area contributed by atoms with Gasteiger partial charge in [0.1, 0.15) is 14.7 Å². The number of nitrogens with zero attached hydrogens (tertiary/aromatic N) is 1. The average Bonchev–Trinajstić information content (AvgIpc) is 2.24. The van der Waals surface area contributed by atoms with E-state index in [-0.39, 0.29) is 21.2 Å². The van der Waals surface area contributed by atoms with Gasteiger partial charge in [-0.3, -0.25) is 0 Å². The van der Waals surface area contributed by atoms with Gasteiger partial charge in [0.25, 0.3) is 0 Å². The summed E-state index contributed by atoms with van der Waals surface area (Å²) in [5.41, 5.74) is 0.234. The molecule has 0 amide bonds. The van der Waals surface area contributed by atoms with E-state index in [0.717, 1.165) is 6.26 Å². The second-order valence-corrected chi connectivity index (χ2v) is 8.65. The minimum Gasteiger partial charge on any atom is -0.229 e. The molecular weight excluding hydrogens is 324 g/mol. The van der Waals surface area contributed by atoms with E-state index in [4.69, 9.17) is 16.9 Å². The Morgan fingerprint density at radius 2 is 1.95 bits per heavy atom. The maximum atomic E-state index is 12.1. The van der Waals surface area contributed by atoms with Gasteiger partial charge in [-0.05, 0) is 25.1 Å². The molecular formula is C11H13ClN2O4S2. The zero-order valence-electron chi connectivity index (χ0n) is 10.8. The molecule has 0 aliphatic rings. The fourth-order valence-electron chi connectivity index (χ4n) is 1.60. The van der Waals surface area contributed by atoms with Crippen LogP contribution in [0.1, 0.15) is 12.5 Å². The van der Waals surface area contributed by atoms with Crippen LogP contribution in [0.15, 0.2) is 23.1 Å². The van der Waals surface area contributed by atoms with E-state index in [9.17, 15) is 16.8 Å². The van der Waals surface area contributed by atoms with Gasteiger partial charge in [-0.25, -0.2) is 21.6 Å². The van der Waals surface area contributed by atoms with Crippen molar-refractivity contribution in [2.24, 2.45) is 0 Å². The molecule has 0 heterocycles. The summed E-state index contributed by atoms with van der Waals surface area (Å²) in [4.78, 5) is -0.196. The van der Waals surface area contributed by atoms with Crippen molar-refractivity contribution >= 4 is 31.5 Å². The minimum absolute atomic E-state index is 0.0943. The highest BCUT2D eigenvalue weighted by Gasteiger charge is 2.22. The Kier molecular flexibility index (Phi) is 5.15. The van der Waals surface area contributed by atoms with E-state index in [1.165, 1.54) is 25.1 Å². The molecule has 0 saturated heterocycles. The maximum absolute atomic E-state index is 12.1. The van der Waals surface area contributed by atoms with Crippen molar-refractivity contribution in [2.45, 2.75) is 17.9 Å². The topological polar surface area (TPSA) is 104 Å². The van der Waals surface area contributed by atoms with E-state index in [2.05, 4.69) is 4.72 Å². The highest BCUT2D eigenvalue weighted by molar-refractivity contribution is 7.91. The third kappa shape index (κ3) is 4.76. The zero-order valence-corrected chi connectivity index (χ0v) is 13.2. The van der Waals surface area contributed by atoms with Crippen molar-refractivity contribution in [2.75, 3.05) is 12.0 Å². The number of halogens is 1. The predicted octanol–water partition coefficient (Wildman–Crippen LogP) is 0.923. The van der Waals surface area contributed by atoms with Gasteiger partial charge in [-0.1, -0.05) is 11.6 Å². The normalized spacial score (nSPS) is 13.7. The SMILES string of the molecule is CC(CS(C)(=O)=O)NS(=O)(=O)c1ccc(C#N)cc1Cl. The van der Waals surface area contributed by atoms with Gasteiger partial charge in [0, 0.05) is 12.3 Å². The molecule has 0 bridgehead atoms. The lowest BCUT2D eigenvalue weighted by Crippen LogP contribution is -2.37. The minimum atomic E-state index is -3.94. The Labute approximate surface area is 123 Å². The van der Waals surface area contributed by atoms with Crippen LogP contribution in [0.25, 0.3) is 0 Å². The van der Waals surface area contributed by atoms with Gasteiger partial charge >= 0.3 is 0 Å². The molecule has 0 saturated carbocycles. The molecule has 0 aliphatic heterocycles. The van der Waals surface area contributed by atoms with Crippen molar-refractivity contribution < 1.29 is 16.8 Å². The van der Waals surface area contributed by atoms with Crippen LogP contribution in [0, 0.1) is 11.3 Å². The van der Waals surface area contributed by atoms with Crippen molar-refractivity contribution in [3.8, 4) is 6.07 Å². The molecule has 0 aliphatic carbocycles. The van der Waals surface area contributed by atoms with E-state index in [1.54, 1.807) is 0 Å². The van der Waals surface area contributed by atoms with E-state index < -0.39 is 25.9 Å². The molecule has 1 aromatic carbocycles. The van der Waals surface area contributed by atoms with Crippen LogP contribution in [-0.4, -0.2) is 34.9 Å². The highest BCUT2D eigenvalue weighted by atomic mass is 35.5. The molecule has 1 aromatic rings. The molecule has 6 nitrogen and oxygen atoms in total. The summed E-state index contributed by atoms with van der Waals surface area (Å²) in [5.74, 6) is -0.319. The number of benzene rings is 1. The van der Waals surface area contributed by atoms with Crippen molar-refractivity contribution in [1.82, 2.24) is 4.72 Å². The molecule has 0 fully saturated rings. The maximum Gasteiger partial charge on any atom is 0.242 e. The number of hydrogen-bond donors (Lipinski definition) is 1. The summed E-state index contributed by atoms with van der Waals surface area (Å²) in [7, 11) is -7.25. The number of sulfonamides is 1. The largest absolute Gasteiger partial charge is 0.242 e. The second-order valence-electron chi connectivity index (χ2n) is 4.37. The highest BCUT2D eigenvalue weighted by Crippen LogP contribution is 2.22. The molecule has 9 heteroatoms. The molecule has 0 spiro atoms. The van der Waals surface area contributed by atoms with E-state index in [1.807, 2.05) is 6.07 Å². The van der Waals surface area contributed by atoms with Crippen LogP contribution in [-0.2, 0) is 19.9 Å². The van der Waals surface area contributed by atoms with Crippen molar-refractivity contribution in [3.05, 3.63) is 28.8 Å². The van der Waals surface area contributed by atoms with Crippen molar-refractivity contribution in [3.63, 3.8) is 0 Å². The second kappa shape index (κ2) is 6.10. The van der Waals surface area contributed by atoms with Crippen LogP contribution in [0.3, 0.4) is 0 Å². The molecule has 1 N–H and O–H groups in total. The number of nitrogens with one attached hydrogen (secondary N) is 1. The Morgan fingerprint density at radius 3 is 2.40 bits per heavy atom. The third-order valence-corrected chi connectivity index (χ3v) is 5.44. The Hall–Kier alpha value is -1.14. The first-order chi connectivity index (χ1) is 9.05. The van der Waals surface area contributed by atoms with Gasteiger partial charge in [-0.2, -0.15) is 5.26 Å². The molecule has 1 unspecified atom stereocenters. The lowest BCUT2D eigenvalue weighted by atomic mass is 10.2. The Morgan fingerprint density at radius 1 is 1.35 bits per heavy atom. The van der Waals surface area contributed by atoms with Crippen LogP contribution >= 0.6 is 11.6 Å². The lowest BCUT2D eigenvalue weighted by Gasteiger charge is -2.14. The molecule has 110 valence electrons. The number of hydrogen-bond acceptors (Lipinski definition) is 5. The Bertz CT molecular complexity index is 751. The monoisotopic (exact) mass is 336 g/mol. The molecule has 1 rings (SSSR count). The first-order valence-electron chi connectivity index (χ1n) is 5.45. The summed E-state index contributed by atoms with van der Waals surface area (Å²) in [6.45, 7) is 1.44. The zero-order chi connectivity index (χ0) is 15.6. The van der Waals surface area contributed by atoms with Crippen LogP contribution in [0.2, 0.25) is 5.02 Å². The fraction of sp³-hybridized carbons (Fsp3) is 0.364. The molecule has 1 atom stereocenters. The van der Waals surface area contributed by atoms with Gasteiger partial charge in [0.15, 0.2) is 0 Å². The van der Waals surface area contributed by atoms with Gasteiger partial charge in [0.05, 0.1) is 22.4 Å². The number of nitriles is 1. The summed E-state index contributed by atoms with van der Waals surface area (Å²) < 4.78 is 48.6. The Balaban J connectivity index is 3.04. The standard InChI is InChI=1S/C11H13ClN2O4S2/c1-8(7-19(2,15)16)14-20(17,18)11-4-3-9(6-13)5-10(11)12/h3-5,8,14H,7H2,1-2H3. The first kappa shape index (κ1) is 16.9. The molecule has 20 heavy (non-hydrogen) atoms. The summed E-state index contributed by atoms with van der Waals surface area (Å²) in [6.07, 6.45) is 1.02. The number of sulfone groups is 1. The summed E-state index contributed by atoms with van der Waals surface area (Å²) in [6, 6.07) is 4.81. The van der Waals surface area contributed by atoms with Crippen LogP contribution in [0.4, 0.5) is 0 Å². The van der Waals surface area contributed by atoms with E-state index >= 15 is 0 Å². The smallest absolute Gasteiger partial charge is 0.229 e. The first-order valence-corrected chi connectivity index (χ1v) is 9.37. The van der Waals surface area contributed by atoms with Gasteiger partial charge in [0.2, 0.25) is 10.0 Å². The average molecular weight is 337 g/mol. The summed E-state index contributed by atoms with van der Waals surface area (Å²) >= 11 is 5.82. The molecule has 0 radical (unpaired) electrons. The van der Waals surface area contributed by atoms with E-state index in [0.29, 0.717) is 0 Å². The van der Waals surface area contributed by atoms with Crippen LogP contribution in [0.5, 0.6) is 0 Å². The van der Waals surface area contributed by atoms with Crippen molar-refractivity contribution in [1.29, 1.82) is 5.26 Å². The van der Waals surface area contributed by atoms with Gasteiger partial charge < -0.3 is 0 Å². The molecule has 0 aromatic heterocycles. The lowest BCUT2D eigenvalue weighted by molar-refractivity contribution is 0.564. The van der Waals surface area contributed by atoms with Crippen LogP contribution < -0.4 is 4.72 Å². The predicted molar refractivity (Wildman–Crippen MR) is 75.7 cm³/mol. The fourth-order valence-corrected chi connectivity index (χ4v) is 4.49. The van der Waals surface area contributed by atoms with Gasteiger partial charge in [-0.15, -0.1) is 0 Å².